The lowest BCUT2D eigenvalue weighted by Gasteiger charge is -2.02. The predicted octanol–water partition coefficient (Wildman–Crippen LogP) is 3.59. The van der Waals surface area contributed by atoms with Crippen LogP contribution in [0.25, 0.3) is 0 Å². The first kappa shape index (κ1) is 14.4. The highest BCUT2D eigenvalue weighted by molar-refractivity contribution is 7.13. The molecule has 3 nitrogen and oxygen atoms in total. The number of aromatic carboxylic acids is 1. The van der Waals surface area contributed by atoms with Crippen LogP contribution in [0.15, 0.2) is 24.3 Å². The molecule has 1 heterocycles. The van der Waals surface area contributed by atoms with E-state index in [2.05, 4.69) is 4.98 Å². The Morgan fingerprint density at radius 2 is 2.05 bits per heavy atom. The second kappa shape index (κ2) is 5.20. The standard InChI is InChI=1S/C12H7F4NO2S/c13-7-3-1-2-6(4-7)5-8-17-10(12(14,15)16)9(20-8)11(18)19/h1-4H,5H2,(H,18,19). The number of hydrogen-bond donors (Lipinski definition) is 1. The summed E-state index contributed by atoms with van der Waals surface area (Å²) in [5.41, 5.74) is -0.995. The minimum atomic E-state index is -4.83. The quantitative estimate of drug-likeness (QED) is 0.882. The van der Waals surface area contributed by atoms with Crippen molar-refractivity contribution >= 4 is 17.3 Å². The number of hydrogen-bond acceptors (Lipinski definition) is 3. The lowest BCUT2D eigenvalue weighted by atomic mass is 10.1. The van der Waals surface area contributed by atoms with E-state index in [1.165, 1.54) is 18.2 Å². The summed E-state index contributed by atoms with van der Waals surface area (Å²) in [6.07, 6.45) is -4.89. The molecular weight excluding hydrogens is 298 g/mol. The average Bonchev–Trinajstić information content (AvgIpc) is 2.73. The minimum absolute atomic E-state index is 0.0275. The van der Waals surface area contributed by atoms with E-state index in [1.54, 1.807) is 0 Å². The Morgan fingerprint density at radius 3 is 2.55 bits per heavy atom. The molecule has 0 spiro atoms. The molecule has 8 heteroatoms. The zero-order chi connectivity index (χ0) is 14.9. The number of benzene rings is 1. The molecule has 0 bridgehead atoms. The van der Waals surface area contributed by atoms with E-state index in [0.29, 0.717) is 16.9 Å². The lowest BCUT2D eigenvalue weighted by molar-refractivity contribution is -0.141. The Kier molecular flexibility index (Phi) is 3.76. The van der Waals surface area contributed by atoms with Gasteiger partial charge in [-0.1, -0.05) is 12.1 Å². The van der Waals surface area contributed by atoms with Crippen LogP contribution in [-0.2, 0) is 12.6 Å². The number of carbonyl (C=O) groups is 1. The van der Waals surface area contributed by atoms with Crippen molar-refractivity contribution in [2.45, 2.75) is 12.6 Å². The van der Waals surface area contributed by atoms with Crippen LogP contribution >= 0.6 is 11.3 Å². The molecule has 0 atom stereocenters. The van der Waals surface area contributed by atoms with Crippen molar-refractivity contribution in [1.82, 2.24) is 4.98 Å². The third-order valence-electron chi connectivity index (χ3n) is 2.38. The van der Waals surface area contributed by atoms with Crippen LogP contribution in [0, 0.1) is 5.82 Å². The molecule has 0 saturated carbocycles. The van der Waals surface area contributed by atoms with Gasteiger partial charge in [0.25, 0.3) is 0 Å². The van der Waals surface area contributed by atoms with E-state index in [9.17, 15) is 22.4 Å². The second-order valence-corrected chi connectivity index (χ2v) is 4.98. The summed E-state index contributed by atoms with van der Waals surface area (Å²) in [5, 5.41) is 8.74. The Morgan fingerprint density at radius 1 is 1.35 bits per heavy atom. The van der Waals surface area contributed by atoms with Gasteiger partial charge >= 0.3 is 12.1 Å². The number of carboxylic acid groups (broad SMARTS) is 1. The van der Waals surface area contributed by atoms with Gasteiger partial charge in [-0.3, -0.25) is 0 Å². The van der Waals surface area contributed by atoms with E-state index < -0.39 is 28.5 Å². The van der Waals surface area contributed by atoms with Gasteiger partial charge in [-0.15, -0.1) is 11.3 Å². The fourth-order valence-corrected chi connectivity index (χ4v) is 2.56. The van der Waals surface area contributed by atoms with Gasteiger partial charge in [-0.25, -0.2) is 14.2 Å². The van der Waals surface area contributed by atoms with Crippen LogP contribution in [0.4, 0.5) is 17.6 Å². The highest BCUT2D eigenvalue weighted by Crippen LogP contribution is 2.34. The van der Waals surface area contributed by atoms with Gasteiger partial charge in [0.05, 0.1) is 5.01 Å². The summed E-state index contributed by atoms with van der Waals surface area (Å²) >= 11 is 0.442. The molecule has 20 heavy (non-hydrogen) atoms. The molecule has 0 aliphatic rings. The van der Waals surface area contributed by atoms with Crippen molar-refractivity contribution in [1.29, 1.82) is 0 Å². The van der Waals surface area contributed by atoms with Gasteiger partial charge in [-0.05, 0) is 17.7 Å². The SMILES string of the molecule is O=C(O)c1sc(Cc2cccc(F)c2)nc1C(F)(F)F. The third-order valence-corrected chi connectivity index (χ3v) is 3.42. The highest BCUT2D eigenvalue weighted by atomic mass is 32.1. The molecule has 2 rings (SSSR count). The van der Waals surface area contributed by atoms with Crippen LogP contribution in [0.5, 0.6) is 0 Å². The monoisotopic (exact) mass is 305 g/mol. The first-order valence-electron chi connectivity index (χ1n) is 5.32. The zero-order valence-corrected chi connectivity index (χ0v) is 10.6. The van der Waals surface area contributed by atoms with Gasteiger partial charge in [-0.2, -0.15) is 13.2 Å². The number of aromatic nitrogens is 1. The van der Waals surface area contributed by atoms with E-state index in [-0.39, 0.29) is 11.4 Å². The Bertz CT molecular complexity index is 651. The first-order chi connectivity index (χ1) is 9.27. The first-order valence-corrected chi connectivity index (χ1v) is 6.13. The summed E-state index contributed by atoms with van der Waals surface area (Å²) in [6.45, 7) is 0. The molecule has 0 fully saturated rings. The Balaban J connectivity index is 2.37. The number of carboxylic acids is 1. The maximum atomic E-state index is 13.0. The van der Waals surface area contributed by atoms with Crippen molar-refractivity contribution in [2.24, 2.45) is 0 Å². The van der Waals surface area contributed by atoms with Gasteiger partial charge in [0.1, 0.15) is 10.7 Å². The Hall–Kier alpha value is -1.96. The minimum Gasteiger partial charge on any atom is -0.477 e. The fraction of sp³-hybridized carbons (Fsp3) is 0.167. The molecular formula is C12H7F4NO2S. The molecule has 0 aliphatic heterocycles. The van der Waals surface area contributed by atoms with Crippen molar-refractivity contribution in [3.63, 3.8) is 0 Å². The van der Waals surface area contributed by atoms with Crippen LogP contribution < -0.4 is 0 Å². The normalized spacial score (nSPS) is 11.6. The number of nitrogens with zero attached hydrogens (tertiary/aromatic N) is 1. The molecule has 0 radical (unpaired) electrons. The highest BCUT2D eigenvalue weighted by Gasteiger charge is 2.39. The van der Waals surface area contributed by atoms with Gasteiger partial charge in [0.15, 0.2) is 5.69 Å². The molecule has 1 N–H and O–H groups in total. The maximum Gasteiger partial charge on any atom is 0.435 e. The molecule has 1 aromatic carbocycles. The molecule has 0 saturated heterocycles. The zero-order valence-electron chi connectivity index (χ0n) is 9.74. The second-order valence-electron chi connectivity index (χ2n) is 3.89. The summed E-state index contributed by atoms with van der Waals surface area (Å²) in [6, 6.07) is 5.31. The molecule has 106 valence electrons. The van der Waals surface area contributed by atoms with Crippen LogP contribution in [0.2, 0.25) is 0 Å². The van der Waals surface area contributed by atoms with Crippen LogP contribution in [-0.4, -0.2) is 16.1 Å². The van der Waals surface area contributed by atoms with E-state index in [0.717, 1.165) is 6.07 Å². The summed E-state index contributed by atoms with van der Waals surface area (Å²) in [7, 11) is 0. The van der Waals surface area contributed by atoms with E-state index >= 15 is 0 Å². The maximum absolute atomic E-state index is 13.0. The summed E-state index contributed by atoms with van der Waals surface area (Å²) < 4.78 is 50.9. The number of rotatable bonds is 3. The van der Waals surface area contributed by atoms with Crippen LogP contribution in [0.1, 0.15) is 25.9 Å². The molecule has 2 aromatic rings. The largest absolute Gasteiger partial charge is 0.477 e. The molecule has 0 aliphatic carbocycles. The molecule has 1 aromatic heterocycles. The van der Waals surface area contributed by atoms with E-state index in [4.69, 9.17) is 5.11 Å². The van der Waals surface area contributed by atoms with Crippen molar-refractivity contribution in [3.05, 3.63) is 51.2 Å². The number of halogens is 4. The van der Waals surface area contributed by atoms with Gasteiger partial charge in [0, 0.05) is 6.42 Å². The lowest BCUT2D eigenvalue weighted by Crippen LogP contribution is -2.11. The topological polar surface area (TPSA) is 50.2 Å². The summed E-state index contributed by atoms with van der Waals surface area (Å²) in [5.74, 6) is -2.20. The molecule has 0 unspecified atom stereocenters. The fourth-order valence-electron chi connectivity index (χ4n) is 1.60. The molecule has 0 amide bonds. The summed E-state index contributed by atoms with van der Waals surface area (Å²) in [4.78, 5) is 13.3. The average molecular weight is 305 g/mol. The van der Waals surface area contributed by atoms with Gasteiger partial charge in [0.2, 0.25) is 0 Å². The van der Waals surface area contributed by atoms with Crippen LogP contribution in [0.3, 0.4) is 0 Å². The predicted molar refractivity (Wildman–Crippen MR) is 63.3 cm³/mol. The third kappa shape index (κ3) is 3.13. The van der Waals surface area contributed by atoms with Crippen molar-refractivity contribution in [3.8, 4) is 0 Å². The number of alkyl halides is 3. The smallest absolute Gasteiger partial charge is 0.435 e. The van der Waals surface area contributed by atoms with Crippen molar-refractivity contribution < 1.29 is 27.5 Å². The number of thiazole rings is 1. The van der Waals surface area contributed by atoms with Crippen molar-refractivity contribution in [2.75, 3.05) is 0 Å². The van der Waals surface area contributed by atoms with E-state index in [1.807, 2.05) is 0 Å². The van der Waals surface area contributed by atoms with Gasteiger partial charge < -0.3 is 5.11 Å². The Labute approximate surface area is 114 Å².